The van der Waals surface area contributed by atoms with E-state index in [0.29, 0.717) is 0 Å². The number of nitriles is 1. The summed E-state index contributed by atoms with van der Waals surface area (Å²) < 4.78 is 19.0. The summed E-state index contributed by atoms with van der Waals surface area (Å²) in [6.07, 6.45) is 6.33. The number of hydrogen-bond donors (Lipinski definition) is 0. The molecule has 0 unspecified atom stereocenters. The van der Waals surface area contributed by atoms with E-state index >= 15 is 0 Å². The van der Waals surface area contributed by atoms with Crippen molar-refractivity contribution >= 4 is 5.97 Å². The van der Waals surface area contributed by atoms with Crippen molar-refractivity contribution in [2.75, 3.05) is 0 Å². The van der Waals surface area contributed by atoms with Gasteiger partial charge in [0.15, 0.2) is 0 Å². The van der Waals surface area contributed by atoms with Crippen LogP contribution < -0.4 is 0 Å². The van der Waals surface area contributed by atoms with Gasteiger partial charge in [0.25, 0.3) is 0 Å². The van der Waals surface area contributed by atoms with Crippen molar-refractivity contribution in [3.8, 4) is 6.07 Å². The molecule has 0 aliphatic heterocycles. The first-order valence-corrected chi connectivity index (χ1v) is 7.17. The summed E-state index contributed by atoms with van der Waals surface area (Å²) in [5, 5.41) is 8.74. The summed E-state index contributed by atoms with van der Waals surface area (Å²) in [7, 11) is 0. The third kappa shape index (κ3) is 3.91. The van der Waals surface area contributed by atoms with E-state index in [1.165, 1.54) is 18.2 Å². The van der Waals surface area contributed by atoms with Gasteiger partial charge in [-0.1, -0.05) is 12.1 Å². The molecule has 21 heavy (non-hydrogen) atoms. The molecule has 0 aromatic heterocycles. The van der Waals surface area contributed by atoms with Gasteiger partial charge in [-0.05, 0) is 56.2 Å². The highest BCUT2D eigenvalue weighted by Gasteiger charge is 2.24. The van der Waals surface area contributed by atoms with Crippen LogP contribution in [0.15, 0.2) is 30.4 Å². The molecule has 4 heteroatoms. The Morgan fingerprint density at radius 2 is 2.10 bits per heavy atom. The highest BCUT2D eigenvalue weighted by molar-refractivity contribution is 5.81. The number of ether oxygens (including phenoxy) is 1. The molecular weight excluding hydrogens is 269 g/mol. The lowest BCUT2D eigenvalue weighted by Gasteiger charge is -2.28. The Kier molecular flexibility index (Phi) is 5.10. The molecule has 0 bridgehead atoms. The maximum atomic E-state index is 13.6. The second-order valence-electron chi connectivity index (χ2n) is 5.26. The van der Waals surface area contributed by atoms with Crippen LogP contribution in [0.25, 0.3) is 0 Å². The minimum Gasteiger partial charge on any atom is -0.459 e. The quantitative estimate of drug-likeness (QED) is 0.627. The van der Waals surface area contributed by atoms with Crippen molar-refractivity contribution in [1.82, 2.24) is 0 Å². The smallest absolute Gasteiger partial charge is 0.330 e. The zero-order valence-electron chi connectivity index (χ0n) is 12.0. The summed E-state index contributed by atoms with van der Waals surface area (Å²) in [6.45, 7) is 1.78. The summed E-state index contributed by atoms with van der Waals surface area (Å²) in [5.41, 5.74) is 0.998. The predicted octanol–water partition coefficient (Wildman–Crippen LogP) is 3.84. The van der Waals surface area contributed by atoms with Crippen molar-refractivity contribution in [3.05, 3.63) is 47.3 Å². The molecule has 2 rings (SSSR count). The molecule has 0 N–H and O–H groups in total. The third-order valence-electron chi connectivity index (χ3n) is 3.84. The lowest BCUT2D eigenvalue weighted by molar-refractivity contribution is -0.144. The maximum absolute atomic E-state index is 13.6. The molecule has 0 radical (unpaired) electrons. The second kappa shape index (κ2) is 7.03. The van der Waals surface area contributed by atoms with Gasteiger partial charge in [-0.25, -0.2) is 9.18 Å². The summed E-state index contributed by atoms with van der Waals surface area (Å²) in [4.78, 5) is 11.4. The number of rotatable bonds is 3. The molecule has 1 fully saturated rings. The topological polar surface area (TPSA) is 50.1 Å². The fourth-order valence-electron chi connectivity index (χ4n) is 2.73. The van der Waals surface area contributed by atoms with Crippen molar-refractivity contribution in [2.24, 2.45) is 0 Å². The lowest BCUT2D eigenvalue weighted by atomic mass is 9.82. The van der Waals surface area contributed by atoms with E-state index in [0.717, 1.165) is 31.2 Å². The van der Waals surface area contributed by atoms with Crippen molar-refractivity contribution in [2.45, 2.75) is 44.6 Å². The monoisotopic (exact) mass is 287 g/mol. The van der Waals surface area contributed by atoms with Gasteiger partial charge in [-0.3, -0.25) is 0 Å². The Morgan fingerprint density at radius 1 is 1.38 bits per heavy atom. The molecule has 0 spiro atoms. The van der Waals surface area contributed by atoms with Crippen LogP contribution in [-0.2, 0) is 9.53 Å². The SMILES string of the molecule is CC=CC(=O)OC1CCC(c2ccc(C#N)c(F)c2)CC1. The van der Waals surface area contributed by atoms with Gasteiger partial charge in [0.05, 0.1) is 5.56 Å². The van der Waals surface area contributed by atoms with Gasteiger partial charge in [0.1, 0.15) is 18.0 Å². The Hall–Kier alpha value is -2.15. The molecule has 0 atom stereocenters. The summed E-state index contributed by atoms with van der Waals surface area (Å²) in [5.74, 6) is -0.495. The van der Waals surface area contributed by atoms with Crippen LogP contribution in [0.4, 0.5) is 4.39 Å². The molecule has 110 valence electrons. The normalized spacial score (nSPS) is 22.0. The van der Waals surface area contributed by atoms with Crippen molar-refractivity contribution < 1.29 is 13.9 Å². The molecule has 1 aromatic rings. The summed E-state index contributed by atoms with van der Waals surface area (Å²) in [6, 6.07) is 6.63. The summed E-state index contributed by atoms with van der Waals surface area (Å²) >= 11 is 0. The average molecular weight is 287 g/mol. The third-order valence-corrected chi connectivity index (χ3v) is 3.84. The van der Waals surface area contributed by atoms with Gasteiger partial charge in [0, 0.05) is 6.08 Å². The molecule has 0 heterocycles. The van der Waals surface area contributed by atoms with Crippen molar-refractivity contribution in [1.29, 1.82) is 5.26 Å². The lowest BCUT2D eigenvalue weighted by Crippen LogP contribution is -2.23. The van der Waals surface area contributed by atoms with Crippen LogP contribution in [0.5, 0.6) is 0 Å². The highest BCUT2D eigenvalue weighted by Crippen LogP contribution is 2.34. The fraction of sp³-hybridized carbons (Fsp3) is 0.412. The van der Waals surface area contributed by atoms with Gasteiger partial charge >= 0.3 is 5.97 Å². The molecule has 1 aliphatic carbocycles. The van der Waals surface area contributed by atoms with E-state index in [-0.39, 0.29) is 23.6 Å². The zero-order chi connectivity index (χ0) is 15.2. The molecule has 1 aliphatic rings. The van der Waals surface area contributed by atoms with Crippen LogP contribution in [0.2, 0.25) is 0 Å². The van der Waals surface area contributed by atoms with Gasteiger partial charge in [0.2, 0.25) is 0 Å². The number of hydrogen-bond acceptors (Lipinski definition) is 3. The van der Waals surface area contributed by atoms with E-state index in [1.54, 1.807) is 13.0 Å². The van der Waals surface area contributed by atoms with E-state index in [1.807, 2.05) is 12.1 Å². The first-order chi connectivity index (χ1) is 10.1. The fourth-order valence-corrected chi connectivity index (χ4v) is 2.73. The predicted molar refractivity (Wildman–Crippen MR) is 77.0 cm³/mol. The van der Waals surface area contributed by atoms with Crippen LogP contribution in [0, 0.1) is 17.1 Å². The maximum Gasteiger partial charge on any atom is 0.330 e. The largest absolute Gasteiger partial charge is 0.459 e. The Labute approximate surface area is 124 Å². The standard InChI is InChI=1S/C17H18FNO2/c1-2-3-17(20)21-15-8-6-12(7-9-15)13-4-5-14(11-19)16(18)10-13/h2-5,10,12,15H,6-9H2,1H3. The van der Waals surface area contributed by atoms with Crippen LogP contribution >= 0.6 is 0 Å². The Balaban J connectivity index is 1.93. The number of esters is 1. The number of halogens is 1. The number of nitrogens with zero attached hydrogens (tertiary/aromatic N) is 1. The van der Waals surface area contributed by atoms with Gasteiger partial charge in [-0.15, -0.1) is 0 Å². The second-order valence-corrected chi connectivity index (χ2v) is 5.26. The number of allylic oxidation sites excluding steroid dienone is 1. The molecule has 1 saturated carbocycles. The first-order valence-electron chi connectivity index (χ1n) is 7.17. The Bertz CT molecular complexity index is 581. The first kappa shape index (κ1) is 15.2. The van der Waals surface area contributed by atoms with E-state index < -0.39 is 5.82 Å². The molecule has 1 aromatic carbocycles. The zero-order valence-corrected chi connectivity index (χ0v) is 12.0. The van der Waals surface area contributed by atoms with Crippen LogP contribution in [0.3, 0.4) is 0 Å². The van der Waals surface area contributed by atoms with Crippen LogP contribution in [-0.4, -0.2) is 12.1 Å². The molecular formula is C17H18FNO2. The van der Waals surface area contributed by atoms with Gasteiger partial charge in [-0.2, -0.15) is 5.26 Å². The molecule has 3 nitrogen and oxygen atoms in total. The van der Waals surface area contributed by atoms with E-state index in [4.69, 9.17) is 10.00 Å². The van der Waals surface area contributed by atoms with Crippen LogP contribution in [0.1, 0.15) is 49.7 Å². The minimum absolute atomic E-state index is 0.0480. The molecule has 0 saturated heterocycles. The minimum atomic E-state index is -0.461. The highest BCUT2D eigenvalue weighted by atomic mass is 19.1. The van der Waals surface area contributed by atoms with E-state index in [9.17, 15) is 9.18 Å². The van der Waals surface area contributed by atoms with Gasteiger partial charge < -0.3 is 4.74 Å². The number of benzene rings is 1. The average Bonchev–Trinajstić information content (AvgIpc) is 2.48. The number of carbonyl (C=O) groups excluding carboxylic acids is 1. The van der Waals surface area contributed by atoms with Crippen molar-refractivity contribution in [3.63, 3.8) is 0 Å². The molecule has 0 amide bonds. The number of carbonyl (C=O) groups is 1. The van der Waals surface area contributed by atoms with E-state index in [2.05, 4.69) is 0 Å². The Morgan fingerprint density at radius 3 is 2.67 bits per heavy atom.